The van der Waals surface area contributed by atoms with Crippen LogP contribution in [0.3, 0.4) is 0 Å². The van der Waals surface area contributed by atoms with Crippen LogP contribution in [0.5, 0.6) is 0 Å². The minimum Gasteiger partial charge on any atom is -0.271 e. The molecule has 1 atom stereocenters. The van der Waals surface area contributed by atoms with E-state index in [0.29, 0.717) is 0 Å². The summed E-state index contributed by atoms with van der Waals surface area (Å²) in [7, 11) is 0. The molecular weight excluding hydrogens is 254 g/mol. The monoisotopic (exact) mass is 269 g/mol. The number of nitrogens with zero attached hydrogens (tertiary/aromatic N) is 1. The van der Waals surface area contributed by atoms with Gasteiger partial charge in [0.25, 0.3) is 0 Å². The summed E-state index contributed by atoms with van der Waals surface area (Å²) >= 11 is 1.74. The fraction of sp³-hybridized carbons (Fsp3) is 0.133. The van der Waals surface area contributed by atoms with Crippen molar-refractivity contribution in [2.45, 2.75) is 13.0 Å². The largest absolute Gasteiger partial charge is 0.271 e. The number of nitrogens with two attached hydrogens (primary N) is 1. The molecule has 3 aromatic rings. The molecule has 2 heterocycles. The number of aryl methyl sites for hydroxylation is 1. The van der Waals surface area contributed by atoms with Gasteiger partial charge in [-0.05, 0) is 40.9 Å². The van der Waals surface area contributed by atoms with E-state index in [4.69, 9.17) is 5.84 Å². The molecule has 0 saturated carbocycles. The first-order valence-electron chi connectivity index (χ1n) is 6.14. The zero-order valence-corrected chi connectivity index (χ0v) is 11.4. The number of pyridine rings is 1. The van der Waals surface area contributed by atoms with E-state index in [9.17, 15) is 0 Å². The molecule has 0 bridgehead atoms. The quantitative estimate of drug-likeness (QED) is 0.567. The van der Waals surface area contributed by atoms with Crippen molar-refractivity contribution in [1.82, 2.24) is 10.4 Å². The Morgan fingerprint density at radius 1 is 1.21 bits per heavy atom. The van der Waals surface area contributed by atoms with E-state index >= 15 is 0 Å². The van der Waals surface area contributed by atoms with Crippen molar-refractivity contribution >= 4 is 21.4 Å². The highest BCUT2D eigenvalue weighted by Gasteiger charge is 2.15. The zero-order chi connectivity index (χ0) is 13.2. The number of rotatable bonds is 3. The van der Waals surface area contributed by atoms with E-state index in [0.717, 1.165) is 11.3 Å². The highest BCUT2D eigenvalue weighted by Crippen LogP contribution is 2.31. The summed E-state index contributed by atoms with van der Waals surface area (Å²) in [4.78, 5) is 4.35. The van der Waals surface area contributed by atoms with Crippen LogP contribution >= 0.6 is 11.3 Å². The van der Waals surface area contributed by atoms with E-state index in [-0.39, 0.29) is 6.04 Å². The lowest BCUT2D eigenvalue weighted by atomic mass is 9.99. The van der Waals surface area contributed by atoms with Crippen LogP contribution in [0.15, 0.2) is 48.0 Å². The van der Waals surface area contributed by atoms with Crippen LogP contribution in [0.25, 0.3) is 10.1 Å². The highest BCUT2D eigenvalue weighted by atomic mass is 32.1. The molecule has 0 saturated heterocycles. The average Bonchev–Trinajstić information content (AvgIpc) is 2.91. The molecule has 96 valence electrons. The molecule has 3 rings (SSSR count). The number of aromatic nitrogens is 1. The van der Waals surface area contributed by atoms with E-state index < -0.39 is 0 Å². The van der Waals surface area contributed by atoms with Gasteiger partial charge < -0.3 is 0 Å². The Kier molecular flexibility index (Phi) is 3.29. The number of hydrazine groups is 1. The molecule has 1 aromatic carbocycles. The van der Waals surface area contributed by atoms with Crippen molar-refractivity contribution in [3.63, 3.8) is 0 Å². The molecule has 19 heavy (non-hydrogen) atoms. The van der Waals surface area contributed by atoms with Gasteiger partial charge in [0, 0.05) is 16.6 Å². The van der Waals surface area contributed by atoms with E-state index in [2.05, 4.69) is 46.1 Å². The zero-order valence-electron chi connectivity index (χ0n) is 10.6. The number of hydrogen-bond acceptors (Lipinski definition) is 4. The molecule has 4 heteroatoms. The van der Waals surface area contributed by atoms with E-state index in [1.54, 1.807) is 11.3 Å². The van der Waals surface area contributed by atoms with Crippen molar-refractivity contribution in [2.24, 2.45) is 5.84 Å². The molecular formula is C15H15N3S. The minimum absolute atomic E-state index is 0.0320. The number of nitrogens with one attached hydrogen (secondary N) is 1. The van der Waals surface area contributed by atoms with Gasteiger partial charge in [-0.3, -0.25) is 10.8 Å². The van der Waals surface area contributed by atoms with Crippen molar-refractivity contribution in [2.75, 3.05) is 0 Å². The van der Waals surface area contributed by atoms with Crippen LogP contribution in [0.2, 0.25) is 0 Å². The number of fused-ring (bicyclic) bond motifs is 1. The Balaban J connectivity index is 2.11. The summed E-state index contributed by atoms with van der Waals surface area (Å²) < 4.78 is 1.27. The second-order valence-corrected chi connectivity index (χ2v) is 5.43. The molecule has 3 nitrogen and oxygen atoms in total. The van der Waals surface area contributed by atoms with E-state index in [1.807, 2.05) is 19.2 Å². The number of hydrogen-bond donors (Lipinski definition) is 2. The van der Waals surface area contributed by atoms with Gasteiger partial charge in [-0.2, -0.15) is 0 Å². The summed E-state index contributed by atoms with van der Waals surface area (Å²) in [5, 5.41) is 3.36. The third kappa shape index (κ3) is 2.26. The summed E-state index contributed by atoms with van der Waals surface area (Å²) in [6, 6.07) is 12.5. The maximum absolute atomic E-state index is 5.76. The molecule has 0 fully saturated rings. The predicted molar refractivity (Wildman–Crippen MR) is 80.0 cm³/mol. The van der Waals surface area contributed by atoms with Crippen LogP contribution in [-0.4, -0.2) is 4.98 Å². The first-order valence-corrected chi connectivity index (χ1v) is 7.02. The Morgan fingerprint density at radius 3 is 2.84 bits per heavy atom. The Bertz CT molecular complexity index is 688. The second-order valence-electron chi connectivity index (χ2n) is 4.52. The third-order valence-electron chi connectivity index (χ3n) is 3.25. The molecule has 0 radical (unpaired) electrons. The summed E-state index contributed by atoms with van der Waals surface area (Å²) in [6.45, 7) is 1.98. The number of benzene rings is 1. The van der Waals surface area contributed by atoms with Crippen LogP contribution < -0.4 is 11.3 Å². The molecule has 0 spiro atoms. The lowest BCUT2D eigenvalue weighted by Crippen LogP contribution is -2.29. The molecule has 3 N–H and O–H groups in total. The van der Waals surface area contributed by atoms with Crippen LogP contribution in [0.1, 0.15) is 22.9 Å². The first kappa shape index (κ1) is 12.3. The lowest BCUT2D eigenvalue weighted by Gasteiger charge is -2.17. The summed E-state index contributed by atoms with van der Waals surface area (Å²) in [6.07, 6.45) is 1.88. The normalized spacial score (nSPS) is 12.7. The van der Waals surface area contributed by atoms with E-state index in [1.165, 1.54) is 15.6 Å². The van der Waals surface area contributed by atoms with Gasteiger partial charge in [0.15, 0.2) is 0 Å². The first-order chi connectivity index (χ1) is 9.29. The summed E-state index contributed by atoms with van der Waals surface area (Å²) in [5.74, 6) is 5.76. The van der Waals surface area contributed by atoms with Crippen LogP contribution in [0, 0.1) is 6.92 Å². The Morgan fingerprint density at radius 2 is 2.11 bits per heavy atom. The van der Waals surface area contributed by atoms with Gasteiger partial charge in [-0.25, -0.2) is 5.43 Å². The van der Waals surface area contributed by atoms with Crippen molar-refractivity contribution in [3.05, 3.63) is 64.8 Å². The van der Waals surface area contributed by atoms with Gasteiger partial charge in [0.2, 0.25) is 0 Å². The average molecular weight is 269 g/mol. The minimum atomic E-state index is -0.0320. The summed E-state index contributed by atoms with van der Waals surface area (Å²) in [5.41, 5.74) is 6.18. The van der Waals surface area contributed by atoms with Gasteiger partial charge in [0.1, 0.15) is 0 Å². The molecule has 0 aliphatic heterocycles. The fourth-order valence-corrected chi connectivity index (χ4v) is 3.20. The predicted octanol–water partition coefficient (Wildman–Crippen LogP) is 3.16. The molecule has 0 aliphatic carbocycles. The third-order valence-corrected chi connectivity index (χ3v) is 4.23. The van der Waals surface area contributed by atoms with Gasteiger partial charge in [-0.15, -0.1) is 11.3 Å². The van der Waals surface area contributed by atoms with Gasteiger partial charge in [0.05, 0.1) is 6.04 Å². The lowest BCUT2D eigenvalue weighted by molar-refractivity contribution is 0.639. The fourth-order valence-electron chi connectivity index (χ4n) is 2.26. The Hall–Kier alpha value is -1.75. The smallest absolute Gasteiger partial charge is 0.0738 e. The molecule has 0 amide bonds. The van der Waals surface area contributed by atoms with Gasteiger partial charge in [-0.1, -0.05) is 24.3 Å². The van der Waals surface area contributed by atoms with Crippen LogP contribution in [-0.2, 0) is 0 Å². The maximum Gasteiger partial charge on any atom is 0.0738 e. The topological polar surface area (TPSA) is 50.9 Å². The molecule has 1 unspecified atom stereocenters. The molecule has 2 aromatic heterocycles. The second kappa shape index (κ2) is 5.09. The van der Waals surface area contributed by atoms with Crippen molar-refractivity contribution in [1.29, 1.82) is 0 Å². The Labute approximate surface area is 116 Å². The number of thiophene rings is 1. The standard InChI is InChI=1S/C15H15N3S/c1-10-5-6-12(9-17-10)14(18-16)13-4-2-3-11-7-8-19-15(11)13/h2-9,14,18H,16H2,1H3. The molecule has 0 aliphatic rings. The highest BCUT2D eigenvalue weighted by molar-refractivity contribution is 7.17. The van der Waals surface area contributed by atoms with Gasteiger partial charge >= 0.3 is 0 Å². The van der Waals surface area contributed by atoms with Crippen LogP contribution in [0.4, 0.5) is 0 Å². The van der Waals surface area contributed by atoms with Crippen molar-refractivity contribution < 1.29 is 0 Å². The SMILES string of the molecule is Cc1ccc(C(NN)c2cccc3ccsc23)cn1. The van der Waals surface area contributed by atoms with Crippen molar-refractivity contribution in [3.8, 4) is 0 Å². The maximum atomic E-state index is 5.76.